The second-order valence-electron chi connectivity index (χ2n) is 7.13. The molecule has 1 atom stereocenters. The molecule has 0 saturated carbocycles. The second kappa shape index (κ2) is 6.69. The van der Waals surface area contributed by atoms with E-state index < -0.39 is 12.0 Å². The van der Waals surface area contributed by atoms with Crippen LogP contribution < -0.4 is 4.90 Å². The summed E-state index contributed by atoms with van der Waals surface area (Å²) in [7, 11) is 0. The molecule has 0 radical (unpaired) electrons. The van der Waals surface area contributed by atoms with E-state index in [4.69, 9.17) is 4.42 Å². The minimum Gasteiger partial charge on any atom is -0.403 e. The lowest BCUT2D eigenvalue weighted by molar-refractivity contribution is 0.503. The molecule has 0 saturated heterocycles. The van der Waals surface area contributed by atoms with Crippen LogP contribution >= 0.6 is 0 Å². The molecular weight excluding hydrogens is 406 g/mol. The molecule has 0 bridgehead atoms. The van der Waals surface area contributed by atoms with Gasteiger partial charge in [-0.3, -0.25) is 0 Å². The smallest absolute Gasteiger partial charge is 0.319 e. The Bertz CT molecular complexity index is 1390. The van der Waals surface area contributed by atoms with E-state index >= 15 is 0 Å². The van der Waals surface area contributed by atoms with E-state index in [-0.39, 0.29) is 17.7 Å². The summed E-state index contributed by atoms with van der Waals surface area (Å²) in [6.45, 7) is 0.555. The van der Waals surface area contributed by atoms with E-state index in [1.54, 1.807) is 24.7 Å². The Kier molecular flexibility index (Phi) is 3.82. The van der Waals surface area contributed by atoms with Crippen molar-refractivity contribution >= 4 is 11.5 Å². The highest BCUT2D eigenvalue weighted by Gasteiger charge is 2.36. The molecule has 5 aromatic rings. The van der Waals surface area contributed by atoms with Gasteiger partial charge in [0.05, 0.1) is 23.3 Å². The maximum Gasteiger partial charge on any atom is 0.319 e. The van der Waals surface area contributed by atoms with E-state index in [0.717, 1.165) is 11.4 Å². The molecule has 6 rings (SSSR count). The SMILES string of the molecule is Fc1ccc(-c2nnc(N3CCc4[nH]cnc4[C@@H]3c3cc4c(F)cccn4n3)o2)cn1. The average molecular weight is 420 g/mol. The van der Waals surface area contributed by atoms with Crippen molar-refractivity contribution in [3.63, 3.8) is 0 Å². The summed E-state index contributed by atoms with van der Waals surface area (Å²) in [5.74, 6) is -0.741. The van der Waals surface area contributed by atoms with Gasteiger partial charge in [0, 0.05) is 31.1 Å². The fraction of sp³-hybridized carbons (Fsp3) is 0.150. The standard InChI is InChI=1S/C20H14F2N8O/c21-12-2-1-6-30-15(12)8-14(28-30)18-17-13(24-10-25-17)5-7-29(18)20-27-26-19(31-20)11-3-4-16(22)23-9-11/h1-4,6,8-10,18H,5,7H2,(H,24,25)/t18-/m0/s1. The Morgan fingerprint density at radius 1 is 1.13 bits per heavy atom. The monoisotopic (exact) mass is 420 g/mol. The van der Waals surface area contributed by atoms with Crippen molar-refractivity contribution in [1.82, 2.24) is 34.8 Å². The number of aromatic nitrogens is 7. The number of H-pyrrole nitrogens is 1. The zero-order valence-electron chi connectivity index (χ0n) is 15.9. The minimum atomic E-state index is -0.593. The first-order chi connectivity index (χ1) is 15.2. The van der Waals surface area contributed by atoms with Crippen molar-refractivity contribution in [3.05, 3.63) is 77.9 Å². The fourth-order valence-electron chi connectivity index (χ4n) is 3.87. The average Bonchev–Trinajstić information content (AvgIpc) is 3.52. The molecule has 6 heterocycles. The predicted molar refractivity (Wildman–Crippen MR) is 104 cm³/mol. The number of hydrogen-bond acceptors (Lipinski definition) is 7. The van der Waals surface area contributed by atoms with Crippen LogP contribution in [0.5, 0.6) is 0 Å². The summed E-state index contributed by atoms with van der Waals surface area (Å²) in [6, 6.07) is 7.23. The van der Waals surface area contributed by atoms with Gasteiger partial charge < -0.3 is 14.3 Å². The van der Waals surface area contributed by atoms with E-state index in [1.165, 1.54) is 28.9 Å². The van der Waals surface area contributed by atoms with Crippen LogP contribution in [0.1, 0.15) is 23.1 Å². The maximum absolute atomic E-state index is 14.3. The molecule has 0 unspecified atom stereocenters. The van der Waals surface area contributed by atoms with Crippen molar-refractivity contribution in [2.24, 2.45) is 0 Å². The van der Waals surface area contributed by atoms with Crippen LogP contribution in [0.15, 0.2) is 53.5 Å². The van der Waals surface area contributed by atoms with Gasteiger partial charge in [-0.15, -0.1) is 5.10 Å². The molecular formula is C20H14F2N8O. The highest BCUT2D eigenvalue weighted by Crippen LogP contribution is 2.37. The molecule has 9 nitrogen and oxygen atoms in total. The molecule has 5 aromatic heterocycles. The van der Waals surface area contributed by atoms with Gasteiger partial charge in [-0.05, 0) is 30.3 Å². The summed E-state index contributed by atoms with van der Waals surface area (Å²) in [6.07, 6.45) is 5.33. The number of aromatic amines is 1. The summed E-state index contributed by atoms with van der Waals surface area (Å²) in [5, 5.41) is 12.8. The highest BCUT2D eigenvalue weighted by molar-refractivity contribution is 5.55. The van der Waals surface area contributed by atoms with Gasteiger partial charge in [0.2, 0.25) is 5.95 Å². The molecule has 0 aromatic carbocycles. The normalized spacial score (nSPS) is 16.1. The molecule has 31 heavy (non-hydrogen) atoms. The number of rotatable bonds is 3. The zero-order chi connectivity index (χ0) is 20.9. The lowest BCUT2D eigenvalue weighted by atomic mass is 10.0. The first-order valence-electron chi connectivity index (χ1n) is 9.55. The van der Waals surface area contributed by atoms with Crippen LogP contribution in [-0.4, -0.2) is 41.3 Å². The van der Waals surface area contributed by atoms with Crippen LogP contribution in [0, 0.1) is 11.8 Å². The molecule has 0 amide bonds. The number of nitrogens with zero attached hydrogens (tertiary/aromatic N) is 7. The molecule has 154 valence electrons. The van der Waals surface area contributed by atoms with E-state index in [0.29, 0.717) is 29.7 Å². The molecule has 1 aliphatic rings. The van der Waals surface area contributed by atoms with Crippen molar-refractivity contribution in [3.8, 4) is 11.5 Å². The molecule has 0 aliphatic carbocycles. The van der Waals surface area contributed by atoms with Crippen molar-refractivity contribution < 1.29 is 13.2 Å². The predicted octanol–water partition coefficient (Wildman–Crippen LogP) is 2.93. The summed E-state index contributed by atoms with van der Waals surface area (Å²) in [5.41, 5.74) is 3.20. The summed E-state index contributed by atoms with van der Waals surface area (Å²) < 4.78 is 34.8. The van der Waals surface area contributed by atoms with Gasteiger partial charge in [0.25, 0.3) is 5.89 Å². The zero-order valence-corrected chi connectivity index (χ0v) is 15.9. The highest BCUT2D eigenvalue weighted by atomic mass is 19.1. The Balaban J connectivity index is 1.44. The number of nitrogens with one attached hydrogen (secondary N) is 1. The van der Waals surface area contributed by atoms with Gasteiger partial charge in [-0.25, -0.2) is 18.9 Å². The number of anilines is 1. The fourth-order valence-corrected chi connectivity index (χ4v) is 3.87. The molecule has 1 N–H and O–H groups in total. The molecule has 0 spiro atoms. The van der Waals surface area contributed by atoms with Crippen LogP contribution in [0.3, 0.4) is 0 Å². The largest absolute Gasteiger partial charge is 0.403 e. The third kappa shape index (κ3) is 2.85. The number of fused-ring (bicyclic) bond motifs is 2. The van der Waals surface area contributed by atoms with Crippen molar-refractivity contribution in [2.75, 3.05) is 11.4 Å². The Hall–Kier alpha value is -4.15. The first-order valence-corrected chi connectivity index (χ1v) is 9.55. The number of hydrogen-bond donors (Lipinski definition) is 1. The minimum absolute atomic E-state index is 0.218. The third-order valence-electron chi connectivity index (χ3n) is 5.31. The Labute approximate surface area is 173 Å². The van der Waals surface area contributed by atoms with E-state index in [1.807, 2.05) is 4.90 Å². The van der Waals surface area contributed by atoms with Crippen LogP contribution in [0.4, 0.5) is 14.8 Å². The molecule has 1 aliphatic heterocycles. The number of pyridine rings is 2. The third-order valence-corrected chi connectivity index (χ3v) is 5.31. The first kappa shape index (κ1) is 17.7. The molecule has 0 fully saturated rings. The Morgan fingerprint density at radius 3 is 2.90 bits per heavy atom. The number of halogens is 2. The van der Waals surface area contributed by atoms with Crippen LogP contribution in [-0.2, 0) is 6.42 Å². The summed E-state index contributed by atoms with van der Waals surface area (Å²) in [4.78, 5) is 13.1. The van der Waals surface area contributed by atoms with Crippen LogP contribution in [0.2, 0.25) is 0 Å². The Morgan fingerprint density at radius 2 is 2.06 bits per heavy atom. The lowest BCUT2D eigenvalue weighted by Crippen LogP contribution is -2.36. The van der Waals surface area contributed by atoms with Gasteiger partial charge in [0.1, 0.15) is 17.4 Å². The lowest BCUT2D eigenvalue weighted by Gasteiger charge is -2.32. The van der Waals surface area contributed by atoms with Gasteiger partial charge in [-0.1, -0.05) is 5.10 Å². The van der Waals surface area contributed by atoms with Crippen LogP contribution in [0.25, 0.3) is 17.0 Å². The van der Waals surface area contributed by atoms with Crippen molar-refractivity contribution in [2.45, 2.75) is 12.5 Å². The maximum atomic E-state index is 14.3. The van der Waals surface area contributed by atoms with Gasteiger partial charge in [-0.2, -0.15) is 9.49 Å². The topological polar surface area (TPSA) is 101 Å². The van der Waals surface area contributed by atoms with E-state index in [2.05, 4.69) is 30.2 Å². The van der Waals surface area contributed by atoms with Crippen molar-refractivity contribution in [1.29, 1.82) is 0 Å². The quantitative estimate of drug-likeness (QED) is 0.448. The van der Waals surface area contributed by atoms with Gasteiger partial charge >= 0.3 is 6.01 Å². The summed E-state index contributed by atoms with van der Waals surface area (Å²) >= 11 is 0. The van der Waals surface area contributed by atoms with Gasteiger partial charge in [0.15, 0.2) is 0 Å². The second-order valence-corrected chi connectivity index (χ2v) is 7.13. The molecule has 11 heteroatoms. The number of imidazole rings is 1. The van der Waals surface area contributed by atoms with E-state index in [9.17, 15) is 8.78 Å².